The van der Waals surface area contributed by atoms with Gasteiger partial charge in [0.1, 0.15) is 5.82 Å². The van der Waals surface area contributed by atoms with Crippen molar-refractivity contribution in [1.82, 2.24) is 9.80 Å². The smallest absolute Gasteiger partial charge is 0.226 e. The van der Waals surface area contributed by atoms with Gasteiger partial charge in [0, 0.05) is 38.5 Å². The van der Waals surface area contributed by atoms with E-state index < -0.39 is 0 Å². The van der Waals surface area contributed by atoms with Crippen LogP contribution in [0.4, 0.5) is 4.39 Å². The van der Waals surface area contributed by atoms with Gasteiger partial charge in [0.05, 0.1) is 0 Å². The molecule has 1 aliphatic heterocycles. The first-order valence-corrected chi connectivity index (χ1v) is 8.59. The zero-order valence-corrected chi connectivity index (χ0v) is 13.8. The fraction of sp³-hybridized carbons (Fsp3) is 0.474. The highest BCUT2D eigenvalue weighted by Crippen LogP contribution is 2.22. The van der Waals surface area contributed by atoms with Crippen molar-refractivity contribution < 1.29 is 14.0 Å². The molecule has 1 fully saturated rings. The molecule has 2 amide bonds. The number of rotatable bonds is 3. The highest BCUT2D eigenvalue weighted by molar-refractivity contribution is 5.82. The van der Waals surface area contributed by atoms with Crippen molar-refractivity contribution in [2.45, 2.75) is 32.2 Å². The van der Waals surface area contributed by atoms with E-state index in [1.165, 1.54) is 12.1 Å². The van der Waals surface area contributed by atoms with Crippen LogP contribution in [-0.2, 0) is 16.1 Å². The van der Waals surface area contributed by atoms with Gasteiger partial charge in [0.2, 0.25) is 11.8 Å². The van der Waals surface area contributed by atoms with Crippen LogP contribution in [0.2, 0.25) is 0 Å². The fourth-order valence-electron chi connectivity index (χ4n) is 3.39. The Morgan fingerprint density at radius 2 is 2.08 bits per heavy atom. The number of amides is 2. The average Bonchev–Trinajstić information content (AvgIpc) is 2.78. The van der Waals surface area contributed by atoms with E-state index in [4.69, 9.17) is 0 Å². The Hall–Kier alpha value is -2.17. The number of carbonyl (C=O) groups is 2. The molecule has 1 heterocycles. The van der Waals surface area contributed by atoms with Crippen LogP contribution < -0.4 is 0 Å². The van der Waals surface area contributed by atoms with Gasteiger partial charge in [-0.15, -0.1) is 0 Å². The van der Waals surface area contributed by atoms with E-state index in [0.717, 1.165) is 24.8 Å². The van der Waals surface area contributed by atoms with Crippen LogP contribution in [0.5, 0.6) is 0 Å². The van der Waals surface area contributed by atoms with E-state index in [-0.39, 0.29) is 23.5 Å². The van der Waals surface area contributed by atoms with Gasteiger partial charge in [-0.1, -0.05) is 24.3 Å². The lowest BCUT2D eigenvalue weighted by Crippen LogP contribution is -2.39. The van der Waals surface area contributed by atoms with Crippen LogP contribution in [0.25, 0.3) is 0 Å². The summed E-state index contributed by atoms with van der Waals surface area (Å²) in [7, 11) is 0. The van der Waals surface area contributed by atoms with Gasteiger partial charge < -0.3 is 9.80 Å². The van der Waals surface area contributed by atoms with E-state index in [1.807, 2.05) is 11.0 Å². The third-order valence-electron chi connectivity index (χ3n) is 4.78. The zero-order chi connectivity index (χ0) is 16.9. The standard InChI is InChI=1S/C19H23FN2O2/c20-17-8-4-5-15(13-17)14-22-12-11-21(10-9-18(22)23)19(24)16-6-2-1-3-7-16/h1-2,4-5,8,13,16H,3,6-7,9-12,14H2/t16-/m0/s1. The number of nitrogens with zero attached hydrogens (tertiary/aromatic N) is 2. The van der Waals surface area contributed by atoms with Crippen molar-refractivity contribution in [3.8, 4) is 0 Å². The van der Waals surface area contributed by atoms with Crippen LogP contribution >= 0.6 is 0 Å². The molecular weight excluding hydrogens is 307 g/mol. The Labute approximate surface area is 141 Å². The summed E-state index contributed by atoms with van der Waals surface area (Å²) in [6, 6.07) is 6.32. The minimum Gasteiger partial charge on any atom is -0.340 e. The van der Waals surface area contributed by atoms with E-state index in [1.54, 1.807) is 11.0 Å². The van der Waals surface area contributed by atoms with Gasteiger partial charge in [-0.2, -0.15) is 0 Å². The quantitative estimate of drug-likeness (QED) is 0.800. The average molecular weight is 330 g/mol. The molecule has 24 heavy (non-hydrogen) atoms. The number of hydrogen-bond acceptors (Lipinski definition) is 2. The first kappa shape index (κ1) is 16.7. The minimum absolute atomic E-state index is 0.0260. The molecule has 1 saturated heterocycles. The molecule has 1 atom stereocenters. The summed E-state index contributed by atoms with van der Waals surface area (Å²) in [6.45, 7) is 1.94. The van der Waals surface area contributed by atoms with E-state index in [2.05, 4.69) is 12.2 Å². The molecule has 0 aromatic heterocycles. The van der Waals surface area contributed by atoms with Gasteiger partial charge in [-0.25, -0.2) is 4.39 Å². The summed E-state index contributed by atoms with van der Waals surface area (Å²) in [6.07, 6.45) is 7.18. The molecule has 128 valence electrons. The molecule has 0 spiro atoms. The molecule has 0 bridgehead atoms. The summed E-state index contributed by atoms with van der Waals surface area (Å²) < 4.78 is 13.3. The highest BCUT2D eigenvalue weighted by Gasteiger charge is 2.28. The molecule has 1 aromatic carbocycles. The Morgan fingerprint density at radius 3 is 2.83 bits per heavy atom. The first-order valence-electron chi connectivity index (χ1n) is 8.59. The molecule has 1 aromatic rings. The number of allylic oxidation sites excluding steroid dienone is 2. The number of benzene rings is 1. The van der Waals surface area contributed by atoms with Crippen molar-refractivity contribution >= 4 is 11.8 Å². The Balaban J connectivity index is 1.61. The summed E-state index contributed by atoms with van der Waals surface area (Å²) in [4.78, 5) is 28.5. The van der Waals surface area contributed by atoms with Crippen molar-refractivity contribution in [2.75, 3.05) is 19.6 Å². The third-order valence-corrected chi connectivity index (χ3v) is 4.78. The van der Waals surface area contributed by atoms with Gasteiger partial charge in [-0.3, -0.25) is 9.59 Å². The lowest BCUT2D eigenvalue weighted by Gasteiger charge is -2.27. The molecule has 3 rings (SSSR count). The SMILES string of the molecule is O=C1CCN(C(=O)[C@H]2CC=CCC2)CCN1Cc1cccc(F)c1. The topological polar surface area (TPSA) is 40.6 Å². The predicted molar refractivity (Wildman–Crippen MR) is 89.5 cm³/mol. The molecule has 5 heteroatoms. The van der Waals surface area contributed by atoms with E-state index in [9.17, 15) is 14.0 Å². The van der Waals surface area contributed by atoms with Gasteiger partial charge in [0.15, 0.2) is 0 Å². The first-order chi connectivity index (χ1) is 11.6. The second kappa shape index (κ2) is 7.60. The maximum absolute atomic E-state index is 13.3. The molecular formula is C19H23FN2O2. The van der Waals surface area contributed by atoms with Crippen LogP contribution in [0.1, 0.15) is 31.2 Å². The summed E-state index contributed by atoms with van der Waals surface area (Å²) in [5.74, 6) is -0.0466. The second-order valence-electron chi connectivity index (χ2n) is 6.50. The van der Waals surface area contributed by atoms with Crippen LogP contribution in [0.3, 0.4) is 0 Å². The predicted octanol–water partition coefficient (Wildman–Crippen LogP) is 2.74. The molecule has 0 radical (unpaired) electrons. The number of hydrogen-bond donors (Lipinski definition) is 0. The molecule has 1 aliphatic carbocycles. The molecule has 0 unspecified atom stereocenters. The highest BCUT2D eigenvalue weighted by atomic mass is 19.1. The number of carbonyl (C=O) groups excluding carboxylic acids is 2. The van der Waals surface area contributed by atoms with Crippen molar-refractivity contribution in [3.63, 3.8) is 0 Å². The summed E-state index contributed by atoms with van der Waals surface area (Å²) in [5, 5.41) is 0. The van der Waals surface area contributed by atoms with Gasteiger partial charge >= 0.3 is 0 Å². The maximum Gasteiger partial charge on any atom is 0.226 e. The second-order valence-corrected chi connectivity index (χ2v) is 6.50. The third kappa shape index (κ3) is 4.02. The lowest BCUT2D eigenvalue weighted by atomic mass is 9.93. The van der Waals surface area contributed by atoms with E-state index >= 15 is 0 Å². The van der Waals surface area contributed by atoms with Crippen LogP contribution in [-0.4, -0.2) is 41.2 Å². The molecule has 2 aliphatic rings. The largest absolute Gasteiger partial charge is 0.340 e. The van der Waals surface area contributed by atoms with Crippen LogP contribution in [0, 0.1) is 11.7 Å². The van der Waals surface area contributed by atoms with E-state index in [0.29, 0.717) is 32.6 Å². The zero-order valence-electron chi connectivity index (χ0n) is 13.8. The maximum atomic E-state index is 13.3. The van der Waals surface area contributed by atoms with Crippen LogP contribution in [0.15, 0.2) is 36.4 Å². The minimum atomic E-state index is -0.295. The van der Waals surface area contributed by atoms with Gasteiger partial charge in [-0.05, 0) is 37.0 Å². The van der Waals surface area contributed by atoms with Gasteiger partial charge in [0.25, 0.3) is 0 Å². The lowest BCUT2D eigenvalue weighted by molar-refractivity contribution is -0.135. The Bertz CT molecular complexity index is 644. The molecule has 4 nitrogen and oxygen atoms in total. The summed E-state index contributed by atoms with van der Waals surface area (Å²) >= 11 is 0. The van der Waals surface area contributed by atoms with Crippen molar-refractivity contribution in [2.24, 2.45) is 5.92 Å². The Morgan fingerprint density at radius 1 is 1.21 bits per heavy atom. The molecule has 0 N–H and O–H groups in total. The molecule has 0 saturated carbocycles. The van der Waals surface area contributed by atoms with Crippen molar-refractivity contribution in [3.05, 3.63) is 47.8 Å². The monoisotopic (exact) mass is 330 g/mol. The van der Waals surface area contributed by atoms with Crippen molar-refractivity contribution in [1.29, 1.82) is 0 Å². The number of halogens is 1. The Kier molecular flexibility index (Phi) is 5.28. The normalized spacial score (nSPS) is 21.7. The fourth-order valence-corrected chi connectivity index (χ4v) is 3.39. The summed E-state index contributed by atoms with van der Waals surface area (Å²) in [5.41, 5.74) is 0.778.